The molecule has 1 fully saturated rings. The van der Waals surface area contributed by atoms with Crippen molar-refractivity contribution >= 4 is 46.8 Å². The molecule has 92 valence electrons. The van der Waals surface area contributed by atoms with Gasteiger partial charge in [0.25, 0.3) is 0 Å². The van der Waals surface area contributed by atoms with Crippen LogP contribution in [0.4, 0.5) is 0 Å². The van der Waals surface area contributed by atoms with E-state index in [4.69, 9.17) is 20.9 Å². The van der Waals surface area contributed by atoms with E-state index in [-0.39, 0.29) is 11.2 Å². The standard InChI is InChI=1S/C11H14BClINO2/c1-10(2)11(3,4)17-12(16-10)8-7(14)5-6-15-9(8)13/h5-6H,1-4H3. The summed E-state index contributed by atoms with van der Waals surface area (Å²) in [5.41, 5.74) is 0.0910. The first-order chi connectivity index (χ1) is 7.74. The molecule has 0 unspecified atom stereocenters. The van der Waals surface area contributed by atoms with Crippen molar-refractivity contribution in [3.05, 3.63) is 21.0 Å². The lowest BCUT2D eigenvalue weighted by Crippen LogP contribution is -2.41. The van der Waals surface area contributed by atoms with Crippen molar-refractivity contribution in [2.45, 2.75) is 38.9 Å². The van der Waals surface area contributed by atoms with Gasteiger partial charge < -0.3 is 9.31 Å². The summed E-state index contributed by atoms with van der Waals surface area (Å²) in [6, 6.07) is 1.90. The molecular weight excluding hydrogens is 351 g/mol. The van der Waals surface area contributed by atoms with Gasteiger partial charge in [-0.25, -0.2) is 4.98 Å². The Bertz CT molecular complexity index is 417. The third-order valence-electron chi connectivity index (χ3n) is 3.38. The van der Waals surface area contributed by atoms with Gasteiger partial charge in [-0.3, -0.25) is 0 Å². The molecule has 0 amide bonds. The number of rotatable bonds is 1. The van der Waals surface area contributed by atoms with Crippen LogP contribution in [-0.4, -0.2) is 23.3 Å². The first-order valence-electron chi connectivity index (χ1n) is 5.40. The molecule has 0 bridgehead atoms. The molecular formula is C11H14BClINO2. The van der Waals surface area contributed by atoms with Gasteiger partial charge in [0, 0.05) is 15.2 Å². The average Bonchev–Trinajstić information content (AvgIpc) is 2.35. The van der Waals surface area contributed by atoms with Gasteiger partial charge in [0.15, 0.2) is 0 Å². The van der Waals surface area contributed by atoms with Gasteiger partial charge in [-0.2, -0.15) is 0 Å². The number of nitrogens with zero attached hydrogens (tertiary/aromatic N) is 1. The van der Waals surface area contributed by atoms with Crippen LogP contribution in [-0.2, 0) is 9.31 Å². The second kappa shape index (κ2) is 4.37. The predicted molar refractivity (Wildman–Crippen MR) is 77.7 cm³/mol. The molecule has 1 saturated heterocycles. The molecule has 0 aromatic carbocycles. The number of aromatic nitrogens is 1. The third kappa shape index (κ3) is 2.34. The molecule has 0 atom stereocenters. The first-order valence-corrected chi connectivity index (χ1v) is 6.86. The highest BCUT2D eigenvalue weighted by Gasteiger charge is 2.52. The van der Waals surface area contributed by atoms with Gasteiger partial charge in [-0.05, 0) is 56.4 Å². The molecule has 2 rings (SSSR count). The summed E-state index contributed by atoms with van der Waals surface area (Å²) in [6.07, 6.45) is 1.68. The smallest absolute Gasteiger partial charge is 0.399 e. The molecule has 17 heavy (non-hydrogen) atoms. The van der Waals surface area contributed by atoms with Gasteiger partial charge >= 0.3 is 7.12 Å². The van der Waals surface area contributed by atoms with E-state index in [1.54, 1.807) is 6.20 Å². The summed E-state index contributed by atoms with van der Waals surface area (Å²) >= 11 is 8.33. The second-order valence-electron chi connectivity index (χ2n) is 5.09. The SMILES string of the molecule is CC1(C)OB(c2c(I)ccnc2Cl)OC1(C)C. The van der Waals surface area contributed by atoms with E-state index >= 15 is 0 Å². The summed E-state index contributed by atoms with van der Waals surface area (Å²) in [7, 11) is -0.451. The maximum Gasteiger partial charge on any atom is 0.499 e. The van der Waals surface area contributed by atoms with E-state index in [0.717, 1.165) is 9.03 Å². The Morgan fingerprint density at radius 1 is 1.24 bits per heavy atom. The van der Waals surface area contributed by atoms with E-state index < -0.39 is 7.12 Å². The highest BCUT2D eigenvalue weighted by Crippen LogP contribution is 2.37. The zero-order valence-electron chi connectivity index (χ0n) is 10.3. The summed E-state index contributed by atoms with van der Waals surface area (Å²) < 4.78 is 12.9. The van der Waals surface area contributed by atoms with Crippen molar-refractivity contribution in [3.8, 4) is 0 Å². The summed E-state index contributed by atoms with van der Waals surface area (Å²) in [5.74, 6) is 0. The molecule has 0 N–H and O–H groups in total. The third-order valence-corrected chi connectivity index (χ3v) is 4.62. The minimum atomic E-state index is -0.451. The monoisotopic (exact) mass is 365 g/mol. The highest BCUT2D eigenvalue weighted by molar-refractivity contribution is 14.1. The molecule has 0 radical (unpaired) electrons. The molecule has 0 spiro atoms. The van der Waals surface area contributed by atoms with Crippen molar-refractivity contribution in [2.24, 2.45) is 0 Å². The summed E-state index contributed by atoms with van der Waals surface area (Å²) in [6.45, 7) is 8.07. The van der Waals surface area contributed by atoms with E-state index in [1.807, 2.05) is 33.8 Å². The Hall–Kier alpha value is 0.155. The molecule has 1 aliphatic heterocycles. The lowest BCUT2D eigenvalue weighted by atomic mass is 9.80. The highest BCUT2D eigenvalue weighted by atomic mass is 127. The van der Waals surface area contributed by atoms with Gasteiger partial charge in [-0.1, -0.05) is 11.6 Å². The normalized spacial score (nSPS) is 21.9. The van der Waals surface area contributed by atoms with E-state index in [2.05, 4.69) is 27.6 Å². The number of pyridine rings is 1. The van der Waals surface area contributed by atoms with Crippen LogP contribution in [0, 0.1) is 3.57 Å². The number of hydrogen-bond acceptors (Lipinski definition) is 3. The lowest BCUT2D eigenvalue weighted by molar-refractivity contribution is 0.00578. The van der Waals surface area contributed by atoms with Crippen LogP contribution < -0.4 is 5.46 Å². The Labute approximate surface area is 121 Å². The lowest BCUT2D eigenvalue weighted by Gasteiger charge is -2.32. The summed E-state index contributed by atoms with van der Waals surface area (Å²) in [4.78, 5) is 4.08. The van der Waals surface area contributed by atoms with Crippen LogP contribution in [0.3, 0.4) is 0 Å². The average molecular weight is 365 g/mol. The maximum absolute atomic E-state index is 6.12. The number of halogens is 2. The van der Waals surface area contributed by atoms with E-state index in [9.17, 15) is 0 Å². The molecule has 6 heteroatoms. The van der Waals surface area contributed by atoms with Crippen LogP contribution in [0.1, 0.15) is 27.7 Å². The van der Waals surface area contributed by atoms with Gasteiger partial charge in [-0.15, -0.1) is 0 Å². The Morgan fingerprint density at radius 2 is 1.76 bits per heavy atom. The fourth-order valence-corrected chi connectivity index (χ4v) is 2.67. The van der Waals surface area contributed by atoms with Crippen molar-refractivity contribution in [1.82, 2.24) is 4.98 Å². The van der Waals surface area contributed by atoms with Crippen LogP contribution in [0.5, 0.6) is 0 Å². The Balaban J connectivity index is 2.39. The van der Waals surface area contributed by atoms with Crippen LogP contribution in [0.15, 0.2) is 12.3 Å². The summed E-state index contributed by atoms with van der Waals surface area (Å²) in [5, 5.41) is 0.440. The second-order valence-corrected chi connectivity index (χ2v) is 6.61. The van der Waals surface area contributed by atoms with Crippen LogP contribution in [0.2, 0.25) is 5.15 Å². The first kappa shape index (κ1) is 13.6. The fourth-order valence-electron chi connectivity index (χ4n) is 1.60. The van der Waals surface area contributed by atoms with E-state index in [1.165, 1.54) is 0 Å². The number of hydrogen-bond donors (Lipinski definition) is 0. The maximum atomic E-state index is 6.12. The van der Waals surface area contributed by atoms with E-state index in [0.29, 0.717) is 5.15 Å². The zero-order chi connectivity index (χ0) is 12.8. The Morgan fingerprint density at radius 3 is 2.24 bits per heavy atom. The minimum Gasteiger partial charge on any atom is -0.399 e. The van der Waals surface area contributed by atoms with Gasteiger partial charge in [0.05, 0.1) is 11.2 Å². The van der Waals surface area contributed by atoms with Gasteiger partial charge in [0.1, 0.15) is 5.15 Å². The van der Waals surface area contributed by atoms with Crippen molar-refractivity contribution < 1.29 is 9.31 Å². The molecule has 0 aliphatic carbocycles. The molecule has 0 saturated carbocycles. The molecule has 1 aromatic heterocycles. The quantitative estimate of drug-likeness (QED) is 0.436. The largest absolute Gasteiger partial charge is 0.499 e. The fraction of sp³-hybridized carbons (Fsp3) is 0.545. The topological polar surface area (TPSA) is 31.4 Å². The predicted octanol–water partition coefficient (Wildman–Crippen LogP) is 2.64. The van der Waals surface area contributed by atoms with Crippen LogP contribution in [0.25, 0.3) is 0 Å². The Kier molecular flexibility index (Phi) is 3.49. The molecule has 3 nitrogen and oxygen atoms in total. The van der Waals surface area contributed by atoms with Crippen molar-refractivity contribution in [3.63, 3.8) is 0 Å². The molecule has 2 heterocycles. The molecule has 1 aliphatic rings. The minimum absolute atomic E-state index is 0.361. The van der Waals surface area contributed by atoms with Gasteiger partial charge in [0.2, 0.25) is 0 Å². The van der Waals surface area contributed by atoms with Crippen LogP contribution >= 0.6 is 34.2 Å². The van der Waals surface area contributed by atoms with Crippen molar-refractivity contribution in [2.75, 3.05) is 0 Å². The molecule has 1 aromatic rings. The van der Waals surface area contributed by atoms with Crippen molar-refractivity contribution in [1.29, 1.82) is 0 Å². The zero-order valence-corrected chi connectivity index (χ0v) is 13.2.